The molecule has 0 aliphatic heterocycles. The third-order valence-corrected chi connectivity index (χ3v) is 2.05. The van der Waals surface area contributed by atoms with Crippen LogP contribution in [0.5, 0.6) is 11.5 Å². The largest absolute Gasteiger partial charge is 0.494 e. The molecular weight excluding hydrogens is 192 g/mol. The van der Waals surface area contributed by atoms with Gasteiger partial charge in [0, 0.05) is 0 Å². The lowest BCUT2D eigenvalue weighted by molar-refractivity contribution is 0.104. The number of hydrogen-bond acceptors (Lipinski definition) is 3. The Morgan fingerprint density at radius 1 is 1.07 bits per heavy atom. The summed E-state index contributed by atoms with van der Waals surface area (Å²) in [5.41, 5.74) is 0. The van der Waals surface area contributed by atoms with Crippen LogP contribution in [0.15, 0.2) is 24.3 Å². The maximum Gasteiger partial charge on any atom is 0.119 e. The summed E-state index contributed by atoms with van der Waals surface area (Å²) in [6.07, 6.45) is 0.313. The first-order valence-electron chi connectivity index (χ1n) is 5.30. The van der Waals surface area contributed by atoms with Gasteiger partial charge in [-0.2, -0.15) is 0 Å². The van der Waals surface area contributed by atoms with Gasteiger partial charge in [0.1, 0.15) is 18.1 Å². The van der Waals surface area contributed by atoms with Gasteiger partial charge in [0.05, 0.1) is 12.7 Å². The van der Waals surface area contributed by atoms with E-state index in [1.165, 1.54) is 0 Å². The second kappa shape index (κ2) is 6.30. The van der Waals surface area contributed by atoms with Crippen LogP contribution in [0.4, 0.5) is 0 Å². The second-order valence-corrected chi connectivity index (χ2v) is 3.28. The number of ether oxygens (including phenoxy) is 2. The topological polar surface area (TPSA) is 38.7 Å². The van der Waals surface area contributed by atoms with Gasteiger partial charge in [-0.25, -0.2) is 0 Å². The van der Waals surface area contributed by atoms with E-state index in [2.05, 4.69) is 0 Å². The zero-order valence-corrected chi connectivity index (χ0v) is 9.27. The van der Waals surface area contributed by atoms with Gasteiger partial charge in [-0.1, -0.05) is 6.92 Å². The molecule has 0 aliphatic rings. The van der Waals surface area contributed by atoms with Crippen molar-refractivity contribution in [3.63, 3.8) is 0 Å². The van der Waals surface area contributed by atoms with Gasteiger partial charge in [0.25, 0.3) is 0 Å². The molecule has 1 aromatic carbocycles. The monoisotopic (exact) mass is 210 g/mol. The Hall–Kier alpha value is -1.22. The lowest BCUT2D eigenvalue weighted by atomic mass is 10.3. The summed E-state index contributed by atoms with van der Waals surface area (Å²) in [7, 11) is 0. The first kappa shape index (κ1) is 11.9. The molecule has 0 fully saturated rings. The molecular formula is C12H18O3. The van der Waals surface area contributed by atoms with E-state index in [0.29, 0.717) is 19.6 Å². The van der Waals surface area contributed by atoms with Crippen LogP contribution < -0.4 is 9.47 Å². The molecule has 84 valence electrons. The van der Waals surface area contributed by atoms with Gasteiger partial charge < -0.3 is 14.6 Å². The standard InChI is InChI=1S/C12H18O3/c1-3-10(13)9-15-12-7-5-11(6-8-12)14-4-2/h5-8,10,13H,3-4,9H2,1-2H3. The lowest BCUT2D eigenvalue weighted by Gasteiger charge is -2.10. The number of aliphatic hydroxyl groups excluding tert-OH is 1. The Bertz CT molecular complexity index is 269. The van der Waals surface area contributed by atoms with Gasteiger partial charge in [-0.15, -0.1) is 0 Å². The van der Waals surface area contributed by atoms with E-state index in [1.54, 1.807) is 0 Å². The molecule has 0 aromatic heterocycles. The SMILES string of the molecule is CCOc1ccc(OCC(O)CC)cc1. The summed E-state index contributed by atoms with van der Waals surface area (Å²) < 4.78 is 10.7. The molecule has 0 aliphatic carbocycles. The summed E-state index contributed by atoms with van der Waals surface area (Å²) in [5.74, 6) is 1.59. The number of rotatable bonds is 6. The fourth-order valence-electron chi connectivity index (χ4n) is 1.11. The Balaban J connectivity index is 2.42. The average Bonchev–Trinajstić information content (AvgIpc) is 2.28. The second-order valence-electron chi connectivity index (χ2n) is 3.28. The van der Waals surface area contributed by atoms with Crippen LogP contribution in [0.3, 0.4) is 0 Å². The lowest BCUT2D eigenvalue weighted by Crippen LogP contribution is -2.15. The molecule has 1 unspecified atom stereocenters. The Morgan fingerprint density at radius 2 is 1.60 bits per heavy atom. The van der Waals surface area contributed by atoms with E-state index in [-0.39, 0.29) is 0 Å². The van der Waals surface area contributed by atoms with Crippen molar-refractivity contribution in [3.8, 4) is 11.5 Å². The summed E-state index contributed by atoms with van der Waals surface area (Å²) in [6, 6.07) is 7.40. The van der Waals surface area contributed by atoms with Crippen LogP contribution in [0.2, 0.25) is 0 Å². The predicted molar refractivity (Wildman–Crippen MR) is 59.4 cm³/mol. The first-order valence-corrected chi connectivity index (χ1v) is 5.30. The summed E-state index contributed by atoms with van der Waals surface area (Å²) >= 11 is 0. The highest BCUT2D eigenvalue weighted by atomic mass is 16.5. The molecule has 0 amide bonds. The third-order valence-electron chi connectivity index (χ3n) is 2.05. The Morgan fingerprint density at radius 3 is 2.07 bits per heavy atom. The average molecular weight is 210 g/mol. The molecule has 3 nitrogen and oxygen atoms in total. The van der Waals surface area contributed by atoms with Crippen molar-refractivity contribution in [1.82, 2.24) is 0 Å². The van der Waals surface area contributed by atoms with E-state index in [1.807, 2.05) is 38.1 Å². The van der Waals surface area contributed by atoms with Crippen molar-refractivity contribution in [2.75, 3.05) is 13.2 Å². The van der Waals surface area contributed by atoms with E-state index < -0.39 is 6.10 Å². The van der Waals surface area contributed by atoms with Gasteiger partial charge >= 0.3 is 0 Å². The van der Waals surface area contributed by atoms with Crippen LogP contribution in [-0.2, 0) is 0 Å². The normalized spacial score (nSPS) is 12.2. The maximum atomic E-state index is 9.31. The highest BCUT2D eigenvalue weighted by molar-refractivity contribution is 5.31. The Labute approximate surface area is 90.6 Å². The molecule has 1 aromatic rings. The Kier molecular flexibility index (Phi) is 4.98. The minimum atomic E-state index is -0.392. The molecule has 0 bridgehead atoms. The third kappa shape index (κ3) is 4.21. The van der Waals surface area contributed by atoms with E-state index >= 15 is 0 Å². The molecule has 0 saturated heterocycles. The number of benzene rings is 1. The zero-order valence-electron chi connectivity index (χ0n) is 9.27. The molecule has 3 heteroatoms. The van der Waals surface area contributed by atoms with E-state index in [4.69, 9.17) is 9.47 Å². The number of hydrogen-bond donors (Lipinski definition) is 1. The van der Waals surface area contributed by atoms with Crippen molar-refractivity contribution in [2.24, 2.45) is 0 Å². The number of aliphatic hydroxyl groups is 1. The van der Waals surface area contributed by atoms with Gasteiger partial charge in [0.2, 0.25) is 0 Å². The first-order chi connectivity index (χ1) is 7.26. The molecule has 0 spiro atoms. The molecule has 0 saturated carbocycles. The van der Waals surface area contributed by atoms with Gasteiger partial charge in [0.15, 0.2) is 0 Å². The predicted octanol–water partition coefficient (Wildman–Crippen LogP) is 2.24. The summed E-state index contributed by atoms with van der Waals surface area (Å²) in [4.78, 5) is 0. The van der Waals surface area contributed by atoms with Gasteiger partial charge in [-0.05, 0) is 37.6 Å². The van der Waals surface area contributed by atoms with Crippen molar-refractivity contribution in [1.29, 1.82) is 0 Å². The van der Waals surface area contributed by atoms with Gasteiger partial charge in [-0.3, -0.25) is 0 Å². The van der Waals surface area contributed by atoms with E-state index in [9.17, 15) is 5.11 Å². The minimum Gasteiger partial charge on any atom is -0.494 e. The minimum absolute atomic E-state index is 0.338. The van der Waals surface area contributed by atoms with Crippen LogP contribution >= 0.6 is 0 Å². The van der Waals surface area contributed by atoms with Crippen molar-refractivity contribution in [2.45, 2.75) is 26.4 Å². The van der Waals surface area contributed by atoms with Crippen LogP contribution in [0.1, 0.15) is 20.3 Å². The maximum absolute atomic E-state index is 9.31. The van der Waals surface area contributed by atoms with E-state index in [0.717, 1.165) is 11.5 Å². The molecule has 1 rings (SSSR count). The molecule has 0 heterocycles. The quantitative estimate of drug-likeness (QED) is 0.782. The van der Waals surface area contributed by atoms with Crippen molar-refractivity contribution >= 4 is 0 Å². The molecule has 1 N–H and O–H groups in total. The smallest absolute Gasteiger partial charge is 0.119 e. The van der Waals surface area contributed by atoms with Crippen molar-refractivity contribution < 1.29 is 14.6 Å². The van der Waals surface area contributed by atoms with Crippen molar-refractivity contribution in [3.05, 3.63) is 24.3 Å². The van der Waals surface area contributed by atoms with Crippen LogP contribution in [-0.4, -0.2) is 24.4 Å². The highest BCUT2D eigenvalue weighted by Crippen LogP contribution is 2.17. The molecule has 15 heavy (non-hydrogen) atoms. The fourth-order valence-corrected chi connectivity index (χ4v) is 1.11. The highest BCUT2D eigenvalue weighted by Gasteiger charge is 2.01. The zero-order chi connectivity index (χ0) is 11.1. The molecule has 0 radical (unpaired) electrons. The fraction of sp³-hybridized carbons (Fsp3) is 0.500. The summed E-state index contributed by atoms with van der Waals surface area (Å²) in [5, 5.41) is 9.31. The summed E-state index contributed by atoms with van der Waals surface area (Å²) in [6.45, 7) is 4.87. The van der Waals surface area contributed by atoms with Crippen LogP contribution in [0, 0.1) is 0 Å². The molecule has 1 atom stereocenters. The van der Waals surface area contributed by atoms with Crippen LogP contribution in [0.25, 0.3) is 0 Å².